The lowest BCUT2D eigenvalue weighted by Gasteiger charge is -2.31. The highest BCUT2D eigenvalue weighted by Crippen LogP contribution is 2.35. The van der Waals surface area contributed by atoms with E-state index in [4.69, 9.17) is 10.5 Å². The molecule has 1 fully saturated rings. The molecule has 1 aromatic heterocycles. The van der Waals surface area contributed by atoms with Gasteiger partial charge in [0.15, 0.2) is 0 Å². The summed E-state index contributed by atoms with van der Waals surface area (Å²) in [5.74, 6) is -0.233. The van der Waals surface area contributed by atoms with Crippen LogP contribution in [0, 0.1) is 5.92 Å². The molecule has 1 aliphatic heterocycles. The highest BCUT2D eigenvalue weighted by Gasteiger charge is 2.35. The van der Waals surface area contributed by atoms with Crippen molar-refractivity contribution in [3.8, 4) is 0 Å². The number of carbonyl (C=O) groups is 2. The Labute approximate surface area is 207 Å². The molecule has 1 saturated heterocycles. The minimum absolute atomic E-state index is 0.0286. The van der Waals surface area contributed by atoms with Crippen LogP contribution in [0.25, 0.3) is 0 Å². The summed E-state index contributed by atoms with van der Waals surface area (Å²) < 4.78 is 34.0. The second kappa shape index (κ2) is 11.7. The number of carbonyl (C=O) groups excluding carboxylic acids is 2. The van der Waals surface area contributed by atoms with Gasteiger partial charge in [-0.3, -0.25) is 9.59 Å². The maximum absolute atomic E-state index is 13.2. The summed E-state index contributed by atoms with van der Waals surface area (Å²) >= 11 is 1.23. The smallest absolute Gasteiger partial charge is 0.252 e. The van der Waals surface area contributed by atoms with E-state index in [1.54, 1.807) is 31.4 Å². The Morgan fingerprint density at radius 2 is 1.94 bits per heavy atom. The molecule has 0 saturated carbocycles. The number of nitrogens with zero attached hydrogens (tertiary/aromatic N) is 1. The zero-order valence-corrected chi connectivity index (χ0v) is 21.8. The van der Waals surface area contributed by atoms with Crippen LogP contribution in [0.15, 0.2) is 40.1 Å². The van der Waals surface area contributed by atoms with Crippen molar-refractivity contribution in [1.29, 1.82) is 0 Å². The number of nitrogens with two attached hydrogens (primary N) is 1. The molecular formula is C25H36N2O5S2. The van der Waals surface area contributed by atoms with Crippen LogP contribution in [0.4, 0.5) is 0 Å². The molecule has 2 N–H and O–H groups in total. The maximum atomic E-state index is 13.2. The summed E-state index contributed by atoms with van der Waals surface area (Å²) in [4.78, 5) is 25.0. The van der Waals surface area contributed by atoms with E-state index < -0.39 is 21.5 Å². The van der Waals surface area contributed by atoms with Gasteiger partial charge in [0, 0.05) is 55.8 Å². The average molecular weight is 509 g/mol. The molecule has 34 heavy (non-hydrogen) atoms. The van der Waals surface area contributed by atoms with E-state index >= 15 is 0 Å². The van der Waals surface area contributed by atoms with E-state index in [1.165, 1.54) is 15.6 Å². The number of unbranched alkanes of at least 4 members (excludes halogenated alkanes) is 3. The molecule has 0 spiro atoms. The minimum Gasteiger partial charge on any atom is -0.373 e. The molecule has 1 amide bonds. The Morgan fingerprint density at radius 3 is 2.59 bits per heavy atom. The van der Waals surface area contributed by atoms with Crippen LogP contribution in [0.3, 0.4) is 0 Å². The fraction of sp³-hybridized carbons (Fsp3) is 0.600. The van der Waals surface area contributed by atoms with Gasteiger partial charge in [0.25, 0.3) is 10.0 Å². The summed E-state index contributed by atoms with van der Waals surface area (Å²) in [7, 11) is -2.03. The quantitative estimate of drug-likeness (QED) is 0.430. The Balaban J connectivity index is 1.60. The van der Waals surface area contributed by atoms with Gasteiger partial charge in [0.05, 0.1) is 5.60 Å². The summed E-state index contributed by atoms with van der Waals surface area (Å²) in [5.41, 5.74) is 5.19. The zero-order valence-electron chi connectivity index (χ0n) is 20.1. The van der Waals surface area contributed by atoms with E-state index in [0.29, 0.717) is 55.0 Å². The zero-order chi connectivity index (χ0) is 24.8. The van der Waals surface area contributed by atoms with E-state index in [2.05, 4.69) is 6.92 Å². The van der Waals surface area contributed by atoms with Crippen molar-refractivity contribution >= 4 is 33.1 Å². The summed E-state index contributed by atoms with van der Waals surface area (Å²) in [6.45, 7) is 2.89. The Bertz CT molecular complexity index is 1040. The van der Waals surface area contributed by atoms with E-state index in [-0.39, 0.29) is 11.7 Å². The van der Waals surface area contributed by atoms with Gasteiger partial charge in [-0.2, -0.15) is 4.31 Å². The van der Waals surface area contributed by atoms with E-state index in [0.717, 1.165) is 30.6 Å². The fourth-order valence-corrected chi connectivity index (χ4v) is 7.74. The van der Waals surface area contributed by atoms with Gasteiger partial charge in [-0.05, 0) is 31.4 Å². The predicted molar refractivity (Wildman–Crippen MR) is 134 cm³/mol. The number of hydrogen-bond acceptors (Lipinski definition) is 6. The normalized spacial score (nSPS) is 22.0. The lowest BCUT2D eigenvalue weighted by molar-refractivity contribution is -0.124. The van der Waals surface area contributed by atoms with Gasteiger partial charge in [0.2, 0.25) is 5.91 Å². The molecule has 1 aromatic rings. The van der Waals surface area contributed by atoms with Crippen LogP contribution in [-0.4, -0.2) is 50.2 Å². The van der Waals surface area contributed by atoms with Crippen molar-refractivity contribution in [3.05, 3.63) is 40.8 Å². The summed E-state index contributed by atoms with van der Waals surface area (Å²) in [6, 6.07) is 3.45. The molecule has 3 rings (SSSR count). The first kappa shape index (κ1) is 26.8. The molecule has 0 radical (unpaired) electrons. The second-order valence-electron chi connectivity index (χ2n) is 9.21. The molecule has 1 unspecified atom stereocenters. The number of primary amides is 1. The SMILES string of the molecule is CCCCCCC(=O)C1CCN(S(=O)(=O)c2ccc(CC3(OC)C=CC=C(C(N)=O)C3)s2)CC1. The molecule has 1 atom stereocenters. The number of ether oxygens (including phenoxy) is 1. The molecule has 2 aliphatic rings. The van der Waals surface area contributed by atoms with Crippen molar-refractivity contribution in [2.45, 2.75) is 74.5 Å². The third kappa shape index (κ3) is 6.44. The first-order chi connectivity index (χ1) is 16.2. The molecule has 188 valence electrons. The first-order valence-electron chi connectivity index (χ1n) is 12.1. The monoisotopic (exact) mass is 508 g/mol. The topological polar surface area (TPSA) is 107 Å². The van der Waals surface area contributed by atoms with Gasteiger partial charge in [0.1, 0.15) is 9.99 Å². The first-order valence-corrected chi connectivity index (χ1v) is 14.3. The molecule has 2 heterocycles. The molecular weight excluding hydrogens is 472 g/mol. The number of hydrogen-bond donors (Lipinski definition) is 1. The highest BCUT2D eigenvalue weighted by atomic mass is 32.2. The fourth-order valence-electron chi connectivity index (χ4n) is 4.65. The van der Waals surface area contributed by atoms with Crippen LogP contribution in [0.5, 0.6) is 0 Å². The lowest BCUT2D eigenvalue weighted by Crippen LogP contribution is -2.40. The van der Waals surface area contributed by atoms with Gasteiger partial charge in [-0.25, -0.2) is 8.42 Å². The maximum Gasteiger partial charge on any atom is 0.252 e. The third-order valence-electron chi connectivity index (χ3n) is 6.80. The summed E-state index contributed by atoms with van der Waals surface area (Å²) in [6.07, 6.45) is 12.2. The molecule has 0 bridgehead atoms. The number of sulfonamides is 1. The number of Topliss-reactive ketones (excluding diaryl/α,β-unsaturated/α-hetero) is 1. The van der Waals surface area contributed by atoms with Gasteiger partial charge >= 0.3 is 0 Å². The Morgan fingerprint density at radius 1 is 1.21 bits per heavy atom. The molecule has 9 heteroatoms. The van der Waals surface area contributed by atoms with Crippen LogP contribution in [0.1, 0.15) is 63.2 Å². The van der Waals surface area contributed by atoms with E-state index in [9.17, 15) is 18.0 Å². The van der Waals surface area contributed by atoms with Crippen LogP contribution < -0.4 is 5.73 Å². The number of methoxy groups -OCH3 is 1. The van der Waals surface area contributed by atoms with Crippen molar-refractivity contribution in [3.63, 3.8) is 0 Å². The number of ketones is 1. The number of amides is 1. The third-order valence-corrected chi connectivity index (χ3v) is 10.3. The largest absolute Gasteiger partial charge is 0.373 e. The molecule has 7 nitrogen and oxygen atoms in total. The number of thiophene rings is 1. The Kier molecular flexibility index (Phi) is 9.26. The minimum atomic E-state index is -3.61. The Hall–Kier alpha value is -1.81. The van der Waals surface area contributed by atoms with Crippen LogP contribution in [-0.2, 0) is 30.8 Å². The lowest BCUT2D eigenvalue weighted by atomic mass is 9.86. The van der Waals surface area contributed by atoms with Crippen LogP contribution >= 0.6 is 11.3 Å². The van der Waals surface area contributed by atoms with Crippen molar-refractivity contribution < 1.29 is 22.7 Å². The molecule has 1 aliphatic carbocycles. The highest BCUT2D eigenvalue weighted by molar-refractivity contribution is 7.91. The second-order valence-corrected chi connectivity index (χ2v) is 12.5. The summed E-state index contributed by atoms with van der Waals surface area (Å²) in [5, 5.41) is 0. The number of allylic oxidation sites excluding steroid dienone is 2. The van der Waals surface area contributed by atoms with Crippen molar-refractivity contribution in [1.82, 2.24) is 4.31 Å². The number of rotatable bonds is 12. The van der Waals surface area contributed by atoms with Gasteiger partial charge in [-0.1, -0.05) is 44.4 Å². The van der Waals surface area contributed by atoms with Gasteiger partial charge < -0.3 is 10.5 Å². The predicted octanol–water partition coefficient (Wildman–Crippen LogP) is 3.99. The van der Waals surface area contributed by atoms with Crippen molar-refractivity contribution in [2.75, 3.05) is 20.2 Å². The van der Waals surface area contributed by atoms with Gasteiger partial charge in [-0.15, -0.1) is 11.3 Å². The van der Waals surface area contributed by atoms with Crippen molar-refractivity contribution in [2.24, 2.45) is 11.7 Å². The van der Waals surface area contributed by atoms with E-state index in [1.807, 2.05) is 6.08 Å². The number of piperidine rings is 1. The van der Waals surface area contributed by atoms with Crippen LogP contribution in [0.2, 0.25) is 0 Å². The average Bonchev–Trinajstić information content (AvgIpc) is 3.31. The molecule has 0 aromatic carbocycles. The standard InChI is InChI=1S/C25H36N2O5S2/c1-3-4-5-6-9-22(28)19-12-15-27(16-13-19)34(30,31)23-11-10-21(33-23)18-25(32-2)14-7-8-20(17-25)24(26)29/h7-8,10-11,14,19H,3-6,9,12-13,15-18H2,1-2H3,(H2,26,29).